The van der Waals surface area contributed by atoms with Gasteiger partial charge in [-0.05, 0) is 11.1 Å². The molecule has 1 aromatic carbocycles. The van der Waals surface area contributed by atoms with Gasteiger partial charge in [0.1, 0.15) is 6.10 Å². The van der Waals surface area contributed by atoms with E-state index in [1.54, 1.807) is 0 Å². The second-order valence-electron chi connectivity index (χ2n) is 3.03. The smallest absolute Gasteiger partial charge is 0.106 e. The molecule has 0 aliphatic rings. The Balaban J connectivity index is 2.93. The van der Waals surface area contributed by atoms with Crippen LogP contribution < -0.4 is 0 Å². The van der Waals surface area contributed by atoms with Crippen LogP contribution in [0.5, 0.6) is 0 Å². The van der Waals surface area contributed by atoms with Gasteiger partial charge in [-0.25, -0.2) is 0 Å². The molecule has 2 atom stereocenters. The SMILES string of the molecule is OC(CS)C(O)c1ccccc1CBr. The summed E-state index contributed by atoms with van der Waals surface area (Å²) in [5.74, 6) is 0.248. The fraction of sp³-hybridized carbons (Fsp3) is 0.400. The van der Waals surface area contributed by atoms with Crippen LogP contribution in [0, 0.1) is 0 Å². The van der Waals surface area contributed by atoms with Gasteiger partial charge < -0.3 is 10.2 Å². The summed E-state index contributed by atoms with van der Waals surface area (Å²) in [6.07, 6.45) is -1.68. The Morgan fingerprint density at radius 3 is 2.50 bits per heavy atom. The van der Waals surface area contributed by atoms with E-state index in [4.69, 9.17) is 0 Å². The lowest BCUT2D eigenvalue weighted by molar-refractivity contribution is 0.0333. The fourth-order valence-electron chi connectivity index (χ4n) is 1.25. The van der Waals surface area contributed by atoms with Crippen LogP contribution in [0.15, 0.2) is 24.3 Å². The molecule has 0 aromatic heterocycles. The molecule has 0 aliphatic heterocycles. The normalized spacial score (nSPS) is 15.1. The van der Waals surface area contributed by atoms with E-state index in [1.165, 1.54) is 0 Å². The minimum absolute atomic E-state index is 0.248. The summed E-state index contributed by atoms with van der Waals surface area (Å²) in [4.78, 5) is 0. The predicted molar refractivity (Wildman–Crippen MR) is 63.9 cm³/mol. The van der Waals surface area contributed by atoms with Crippen LogP contribution >= 0.6 is 28.6 Å². The van der Waals surface area contributed by atoms with Gasteiger partial charge in [-0.1, -0.05) is 40.2 Å². The molecule has 2 nitrogen and oxygen atoms in total. The van der Waals surface area contributed by atoms with Crippen molar-refractivity contribution in [2.45, 2.75) is 17.5 Å². The van der Waals surface area contributed by atoms with Crippen molar-refractivity contribution in [3.05, 3.63) is 35.4 Å². The van der Waals surface area contributed by atoms with Crippen molar-refractivity contribution in [3.8, 4) is 0 Å². The van der Waals surface area contributed by atoms with Gasteiger partial charge in [-0.3, -0.25) is 0 Å². The molecule has 0 fully saturated rings. The summed E-state index contributed by atoms with van der Waals surface area (Å²) in [5, 5.41) is 19.9. The first-order chi connectivity index (χ1) is 6.70. The molecule has 0 aliphatic carbocycles. The lowest BCUT2D eigenvalue weighted by Gasteiger charge is -2.18. The number of benzene rings is 1. The lowest BCUT2D eigenvalue weighted by atomic mass is 10.0. The van der Waals surface area contributed by atoms with E-state index in [2.05, 4.69) is 28.6 Å². The van der Waals surface area contributed by atoms with Gasteiger partial charge in [0.05, 0.1) is 6.10 Å². The third-order valence-corrected chi connectivity index (χ3v) is 3.05. The summed E-state index contributed by atoms with van der Waals surface area (Å²) in [6.45, 7) is 0. The highest BCUT2D eigenvalue weighted by atomic mass is 79.9. The molecule has 78 valence electrons. The summed E-state index contributed by atoms with van der Waals surface area (Å²) >= 11 is 7.28. The molecule has 1 aromatic rings. The number of alkyl halides is 1. The van der Waals surface area contributed by atoms with E-state index >= 15 is 0 Å². The van der Waals surface area contributed by atoms with Crippen molar-refractivity contribution in [2.24, 2.45) is 0 Å². The van der Waals surface area contributed by atoms with Gasteiger partial charge in [-0.2, -0.15) is 12.6 Å². The summed E-state index contributed by atoms with van der Waals surface area (Å²) in [6, 6.07) is 7.47. The number of hydrogen-bond acceptors (Lipinski definition) is 3. The highest BCUT2D eigenvalue weighted by molar-refractivity contribution is 9.08. The molecule has 0 radical (unpaired) electrons. The van der Waals surface area contributed by atoms with E-state index < -0.39 is 12.2 Å². The number of hydrogen-bond donors (Lipinski definition) is 3. The van der Waals surface area contributed by atoms with Gasteiger partial charge in [0.25, 0.3) is 0 Å². The highest BCUT2D eigenvalue weighted by Gasteiger charge is 2.18. The number of thiol groups is 1. The van der Waals surface area contributed by atoms with Gasteiger partial charge in [0.15, 0.2) is 0 Å². The summed E-state index contributed by atoms with van der Waals surface area (Å²) < 4.78 is 0. The van der Waals surface area contributed by atoms with Crippen molar-refractivity contribution in [2.75, 3.05) is 5.75 Å². The van der Waals surface area contributed by atoms with Crippen LogP contribution in [0.25, 0.3) is 0 Å². The van der Waals surface area contributed by atoms with Crippen LogP contribution in [-0.2, 0) is 5.33 Å². The standard InChI is InChI=1S/C10H13BrO2S/c11-5-7-3-1-2-4-8(7)10(13)9(12)6-14/h1-4,9-10,12-14H,5-6H2. The molecule has 0 bridgehead atoms. The largest absolute Gasteiger partial charge is 0.389 e. The summed E-state index contributed by atoms with van der Waals surface area (Å²) in [5.41, 5.74) is 1.74. The molecular formula is C10H13BrO2S. The Bertz CT molecular complexity index is 293. The molecule has 1 rings (SSSR count). The van der Waals surface area contributed by atoms with Gasteiger partial charge >= 0.3 is 0 Å². The molecule has 0 amide bonds. The average Bonchev–Trinajstić information content (AvgIpc) is 2.26. The van der Waals surface area contributed by atoms with Crippen molar-refractivity contribution in [1.29, 1.82) is 0 Å². The maximum atomic E-state index is 9.78. The Labute approximate surface area is 97.5 Å². The third-order valence-electron chi connectivity index (χ3n) is 2.07. The molecule has 0 saturated carbocycles. The van der Waals surface area contributed by atoms with E-state index in [1.807, 2.05) is 24.3 Å². The zero-order valence-corrected chi connectivity index (χ0v) is 10.1. The Hall–Kier alpha value is -0.0300. The average molecular weight is 277 g/mol. The van der Waals surface area contributed by atoms with E-state index in [9.17, 15) is 10.2 Å². The van der Waals surface area contributed by atoms with E-state index in [-0.39, 0.29) is 5.75 Å². The maximum Gasteiger partial charge on any atom is 0.106 e. The zero-order chi connectivity index (χ0) is 10.6. The van der Waals surface area contributed by atoms with Crippen LogP contribution in [0.1, 0.15) is 17.2 Å². The fourth-order valence-corrected chi connectivity index (χ4v) is 1.96. The minimum Gasteiger partial charge on any atom is -0.389 e. The van der Waals surface area contributed by atoms with Crippen LogP contribution in [-0.4, -0.2) is 22.1 Å². The number of aliphatic hydroxyl groups is 2. The second kappa shape index (κ2) is 5.75. The molecule has 14 heavy (non-hydrogen) atoms. The molecular weight excluding hydrogens is 264 g/mol. The Kier molecular flexibility index (Phi) is 4.95. The van der Waals surface area contributed by atoms with E-state index in [0.29, 0.717) is 5.33 Å². The van der Waals surface area contributed by atoms with Crippen molar-refractivity contribution >= 4 is 28.6 Å². The second-order valence-corrected chi connectivity index (χ2v) is 3.95. The molecule has 0 spiro atoms. The first-order valence-electron chi connectivity index (χ1n) is 4.31. The van der Waals surface area contributed by atoms with Crippen molar-refractivity contribution in [3.63, 3.8) is 0 Å². The Morgan fingerprint density at radius 1 is 1.29 bits per heavy atom. The van der Waals surface area contributed by atoms with Gasteiger partial charge in [-0.15, -0.1) is 0 Å². The van der Waals surface area contributed by atoms with Crippen LogP contribution in [0.2, 0.25) is 0 Å². The highest BCUT2D eigenvalue weighted by Crippen LogP contribution is 2.23. The molecule has 2 N–H and O–H groups in total. The number of aliphatic hydroxyl groups excluding tert-OH is 2. The van der Waals surface area contributed by atoms with E-state index in [0.717, 1.165) is 11.1 Å². The predicted octanol–water partition coefficient (Wildman–Crippen LogP) is 1.91. The zero-order valence-electron chi connectivity index (χ0n) is 7.60. The van der Waals surface area contributed by atoms with Crippen molar-refractivity contribution < 1.29 is 10.2 Å². The van der Waals surface area contributed by atoms with Crippen LogP contribution in [0.4, 0.5) is 0 Å². The van der Waals surface area contributed by atoms with Gasteiger partial charge in [0, 0.05) is 11.1 Å². The molecule has 4 heteroatoms. The minimum atomic E-state index is -0.860. The number of halogens is 1. The number of rotatable bonds is 4. The molecule has 2 unspecified atom stereocenters. The molecule has 0 saturated heterocycles. The Morgan fingerprint density at radius 2 is 1.93 bits per heavy atom. The first kappa shape index (κ1) is 12.0. The van der Waals surface area contributed by atoms with Crippen LogP contribution in [0.3, 0.4) is 0 Å². The summed E-state index contributed by atoms with van der Waals surface area (Å²) in [7, 11) is 0. The molecule has 0 heterocycles. The third kappa shape index (κ3) is 2.73. The topological polar surface area (TPSA) is 40.5 Å². The van der Waals surface area contributed by atoms with Crippen molar-refractivity contribution in [1.82, 2.24) is 0 Å². The first-order valence-corrected chi connectivity index (χ1v) is 6.06. The lowest BCUT2D eigenvalue weighted by Crippen LogP contribution is -2.20. The quantitative estimate of drug-likeness (QED) is 0.581. The monoisotopic (exact) mass is 276 g/mol. The maximum absolute atomic E-state index is 9.78. The van der Waals surface area contributed by atoms with Gasteiger partial charge in [0.2, 0.25) is 0 Å².